The predicted molar refractivity (Wildman–Crippen MR) is 94.5 cm³/mol. The molecule has 1 aliphatic carbocycles. The van der Waals surface area contributed by atoms with Crippen LogP contribution in [0.4, 0.5) is 0 Å². The van der Waals surface area contributed by atoms with Crippen molar-refractivity contribution in [3.8, 4) is 0 Å². The average Bonchev–Trinajstić information content (AvgIpc) is 2.93. The summed E-state index contributed by atoms with van der Waals surface area (Å²) in [7, 11) is -1.21. The van der Waals surface area contributed by atoms with Gasteiger partial charge in [-0.15, -0.1) is 0 Å². The van der Waals surface area contributed by atoms with Gasteiger partial charge in [0.15, 0.2) is 0 Å². The molecular weight excluding hydrogens is 286 g/mol. The minimum atomic E-state index is -1.21. The molecule has 2 nitrogen and oxygen atoms in total. The fraction of sp³-hybridized carbons (Fsp3) is 0.526. The first-order chi connectivity index (χ1) is 10.5. The Morgan fingerprint density at radius 3 is 2.36 bits per heavy atom. The van der Waals surface area contributed by atoms with Crippen molar-refractivity contribution in [2.45, 2.75) is 38.4 Å². The monoisotopic (exact) mass is 313 g/mol. The van der Waals surface area contributed by atoms with Crippen LogP contribution in [-0.2, 0) is 4.79 Å². The Hall–Kier alpha value is -1.35. The molecule has 0 aromatic heterocycles. The van der Waals surface area contributed by atoms with Gasteiger partial charge in [-0.2, -0.15) is 0 Å². The maximum atomic E-state index is 12.8. The second-order valence-electron chi connectivity index (χ2n) is 7.80. The highest BCUT2D eigenvalue weighted by Crippen LogP contribution is 2.56. The molecule has 118 valence electrons. The van der Waals surface area contributed by atoms with Crippen LogP contribution in [0.5, 0.6) is 0 Å². The minimum absolute atomic E-state index is 0.174. The van der Waals surface area contributed by atoms with Gasteiger partial charge in [0.2, 0.25) is 5.91 Å². The van der Waals surface area contributed by atoms with E-state index in [4.69, 9.17) is 0 Å². The number of hydrogen-bond acceptors (Lipinski definition) is 1. The molecule has 1 aromatic rings. The number of likely N-dealkylation sites (tertiary alicyclic amines) is 1. The van der Waals surface area contributed by atoms with E-state index in [1.807, 2.05) is 0 Å². The van der Waals surface area contributed by atoms with Gasteiger partial charge >= 0.3 is 0 Å². The molecule has 22 heavy (non-hydrogen) atoms. The number of carbonyl (C=O) groups is 1. The molecule has 0 radical (unpaired) electrons. The van der Waals surface area contributed by atoms with E-state index in [9.17, 15) is 4.79 Å². The van der Waals surface area contributed by atoms with Crippen molar-refractivity contribution >= 4 is 14.0 Å². The first-order valence-electron chi connectivity index (χ1n) is 8.50. The predicted octanol–water partition coefficient (Wildman–Crippen LogP) is 4.07. The van der Waals surface area contributed by atoms with Gasteiger partial charge in [-0.05, 0) is 24.3 Å². The lowest BCUT2D eigenvalue weighted by molar-refractivity contribution is -0.131. The summed E-state index contributed by atoms with van der Waals surface area (Å²) in [4.78, 5) is 14.9. The molecule has 2 fully saturated rings. The number of rotatable bonds is 4. The third-order valence-electron chi connectivity index (χ3n) is 4.78. The lowest BCUT2D eigenvalue weighted by Gasteiger charge is -2.15. The van der Waals surface area contributed by atoms with Gasteiger partial charge in [0.25, 0.3) is 0 Å². The standard InChI is InChI=1S/C19H27NOSi/c1-22(2,3)14-11-16-17(15-9-5-4-6-10-15)18(16)19(21)20-12-7-8-13-20/h4-6,9-11,14,16-18H,7-8,12-13H2,1-3H3/b14-11+/t16-,17-,18-/m1/s1. The van der Waals surface area contributed by atoms with Gasteiger partial charge in [0.05, 0.1) is 14.0 Å². The van der Waals surface area contributed by atoms with Gasteiger partial charge in [0, 0.05) is 19.0 Å². The topological polar surface area (TPSA) is 20.3 Å². The van der Waals surface area contributed by atoms with E-state index in [2.05, 4.69) is 66.6 Å². The number of amides is 1. The fourth-order valence-electron chi connectivity index (χ4n) is 3.55. The van der Waals surface area contributed by atoms with E-state index in [-0.39, 0.29) is 5.92 Å². The number of allylic oxidation sites excluding steroid dienone is 1. The van der Waals surface area contributed by atoms with E-state index >= 15 is 0 Å². The van der Waals surface area contributed by atoms with Crippen LogP contribution in [0.15, 0.2) is 42.1 Å². The van der Waals surface area contributed by atoms with E-state index < -0.39 is 8.07 Å². The molecule has 1 aromatic carbocycles. The first-order valence-corrected chi connectivity index (χ1v) is 12.1. The molecule has 1 saturated carbocycles. The van der Waals surface area contributed by atoms with Crippen LogP contribution in [0, 0.1) is 11.8 Å². The van der Waals surface area contributed by atoms with Gasteiger partial charge in [0.1, 0.15) is 0 Å². The molecular formula is C19H27NOSi. The van der Waals surface area contributed by atoms with Gasteiger partial charge in [-0.25, -0.2) is 0 Å². The molecule has 3 heteroatoms. The van der Waals surface area contributed by atoms with Crippen molar-refractivity contribution in [1.29, 1.82) is 0 Å². The second kappa shape index (κ2) is 6.03. The smallest absolute Gasteiger partial charge is 0.226 e. The van der Waals surface area contributed by atoms with E-state index in [0.29, 0.717) is 17.7 Å². The lowest BCUT2D eigenvalue weighted by Crippen LogP contribution is -2.29. The summed E-state index contributed by atoms with van der Waals surface area (Å²) >= 11 is 0. The van der Waals surface area contributed by atoms with Gasteiger partial charge < -0.3 is 4.90 Å². The molecule has 0 N–H and O–H groups in total. The molecule has 3 atom stereocenters. The van der Waals surface area contributed by atoms with Crippen LogP contribution in [0.2, 0.25) is 19.6 Å². The summed E-state index contributed by atoms with van der Waals surface area (Å²) in [6, 6.07) is 10.6. The Morgan fingerprint density at radius 2 is 1.77 bits per heavy atom. The second-order valence-corrected chi connectivity index (χ2v) is 12.9. The average molecular weight is 314 g/mol. The van der Waals surface area contributed by atoms with E-state index in [0.717, 1.165) is 13.1 Å². The van der Waals surface area contributed by atoms with E-state index in [1.165, 1.54) is 18.4 Å². The number of hydrogen-bond donors (Lipinski definition) is 0. The highest BCUT2D eigenvalue weighted by atomic mass is 28.3. The van der Waals surface area contributed by atoms with Crippen molar-refractivity contribution in [3.63, 3.8) is 0 Å². The number of carbonyl (C=O) groups excluding carboxylic acids is 1. The molecule has 1 amide bonds. The summed E-state index contributed by atoms with van der Waals surface area (Å²) in [5, 5.41) is 0. The summed E-state index contributed by atoms with van der Waals surface area (Å²) in [5.74, 6) is 1.36. The molecule has 1 aliphatic heterocycles. The highest BCUT2D eigenvalue weighted by molar-refractivity contribution is 6.80. The summed E-state index contributed by atoms with van der Waals surface area (Å²) in [5.41, 5.74) is 3.73. The Bertz CT molecular complexity index is 555. The Morgan fingerprint density at radius 1 is 1.14 bits per heavy atom. The highest BCUT2D eigenvalue weighted by Gasteiger charge is 2.55. The van der Waals surface area contributed by atoms with Crippen LogP contribution in [0.1, 0.15) is 24.3 Å². The third kappa shape index (κ3) is 3.35. The van der Waals surface area contributed by atoms with Crippen molar-refractivity contribution in [2.24, 2.45) is 11.8 Å². The third-order valence-corrected chi connectivity index (χ3v) is 5.97. The Kier molecular flexibility index (Phi) is 4.26. The number of benzene rings is 1. The molecule has 2 aliphatic rings. The van der Waals surface area contributed by atoms with Crippen LogP contribution in [0.3, 0.4) is 0 Å². The number of nitrogens with zero attached hydrogens (tertiary/aromatic N) is 1. The molecule has 0 unspecified atom stereocenters. The molecule has 3 rings (SSSR count). The maximum Gasteiger partial charge on any atom is 0.226 e. The SMILES string of the molecule is C[Si](C)(C)/C=C/[C@H]1[C@@H](C(=O)N2CCCC2)[C@@H]1c1ccccc1. The zero-order valence-corrected chi connectivity index (χ0v) is 15.0. The Balaban J connectivity index is 1.79. The fourth-order valence-corrected chi connectivity index (χ4v) is 4.34. The van der Waals surface area contributed by atoms with Crippen molar-refractivity contribution in [3.05, 3.63) is 47.7 Å². The molecule has 1 heterocycles. The zero-order valence-electron chi connectivity index (χ0n) is 14.0. The summed E-state index contributed by atoms with van der Waals surface area (Å²) in [6.45, 7) is 8.96. The molecule has 0 spiro atoms. The van der Waals surface area contributed by atoms with Crippen LogP contribution >= 0.6 is 0 Å². The quantitative estimate of drug-likeness (QED) is 0.767. The van der Waals surface area contributed by atoms with Crippen LogP contribution in [-0.4, -0.2) is 32.0 Å². The maximum absolute atomic E-state index is 12.8. The Labute approximate surface area is 135 Å². The molecule has 1 saturated heterocycles. The van der Waals surface area contributed by atoms with Crippen LogP contribution < -0.4 is 0 Å². The zero-order chi connectivity index (χ0) is 15.7. The molecule has 0 bridgehead atoms. The van der Waals surface area contributed by atoms with Gasteiger partial charge in [-0.3, -0.25) is 4.79 Å². The van der Waals surface area contributed by atoms with Crippen molar-refractivity contribution in [2.75, 3.05) is 13.1 Å². The minimum Gasteiger partial charge on any atom is -0.342 e. The van der Waals surface area contributed by atoms with E-state index in [1.54, 1.807) is 0 Å². The van der Waals surface area contributed by atoms with Crippen molar-refractivity contribution in [1.82, 2.24) is 4.90 Å². The largest absolute Gasteiger partial charge is 0.342 e. The van der Waals surface area contributed by atoms with Gasteiger partial charge in [-0.1, -0.05) is 61.7 Å². The van der Waals surface area contributed by atoms with Crippen molar-refractivity contribution < 1.29 is 4.79 Å². The summed E-state index contributed by atoms with van der Waals surface area (Å²) in [6.07, 6.45) is 4.69. The lowest BCUT2D eigenvalue weighted by atomic mass is 10.1. The van der Waals surface area contributed by atoms with Crippen LogP contribution in [0.25, 0.3) is 0 Å². The normalized spacial score (nSPS) is 28.3. The summed E-state index contributed by atoms with van der Waals surface area (Å²) < 4.78 is 0. The first kappa shape index (κ1) is 15.5.